The van der Waals surface area contributed by atoms with Crippen LogP contribution in [0.1, 0.15) is 33.1 Å². The summed E-state index contributed by atoms with van der Waals surface area (Å²) >= 11 is 0. The molecule has 0 aromatic heterocycles. The van der Waals surface area contributed by atoms with Gasteiger partial charge in [-0.1, -0.05) is 13.8 Å². The van der Waals surface area contributed by atoms with E-state index >= 15 is 0 Å². The first-order valence-corrected chi connectivity index (χ1v) is 7.66. The number of nitrogens with zero attached hydrogens (tertiary/aromatic N) is 1. The minimum absolute atomic E-state index is 0.219. The molecule has 20 heavy (non-hydrogen) atoms. The number of urea groups is 1. The highest BCUT2D eigenvalue weighted by atomic mass is 16.2. The quantitative estimate of drug-likeness (QED) is 0.638. The molecule has 0 atom stereocenters. The van der Waals surface area contributed by atoms with E-state index in [4.69, 9.17) is 0 Å². The van der Waals surface area contributed by atoms with Gasteiger partial charge in [0.15, 0.2) is 0 Å². The van der Waals surface area contributed by atoms with Crippen LogP contribution in [0.15, 0.2) is 0 Å². The molecule has 6 nitrogen and oxygen atoms in total. The molecule has 1 heterocycles. The van der Waals surface area contributed by atoms with Gasteiger partial charge in [0.05, 0.1) is 6.54 Å². The Morgan fingerprint density at radius 3 is 2.50 bits per heavy atom. The molecule has 1 aliphatic rings. The van der Waals surface area contributed by atoms with E-state index in [1.807, 2.05) is 6.92 Å². The van der Waals surface area contributed by atoms with Crippen LogP contribution in [0.2, 0.25) is 0 Å². The minimum Gasteiger partial charge on any atom is -0.338 e. The zero-order valence-corrected chi connectivity index (χ0v) is 12.7. The maximum absolute atomic E-state index is 11.7. The number of nitrogens with one attached hydrogen (secondary N) is 3. The van der Waals surface area contributed by atoms with Crippen molar-refractivity contribution in [1.82, 2.24) is 20.9 Å². The molecular formula is C14H28N4O2. The SMILES string of the molecule is CCCNC(=O)NC(=O)CN1CCC(CNCC)CC1. The van der Waals surface area contributed by atoms with E-state index in [0.29, 0.717) is 19.0 Å². The number of piperidine rings is 1. The van der Waals surface area contributed by atoms with E-state index in [1.165, 1.54) is 0 Å². The predicted molar refractivity (Wildman–Crippen MR) is 79.5 cm³/mol. The van der Waals surface area contributed by atoms with Crippen LogP contribution < -0.4 is 16.0 Å². The maximum atomic E-state index is 11.7. The molecule has 116 valence electrons. The Morgan fingerprint density at radius 1 is 1.20 bits per heavy atom. The lowest BCUT2D eigenvalue weighted by atomic mass is 9.97. The van der Waals surface area contributed by atoms with Crippen molar-refractivity contribution in [1.29, 1.82) is 0 Å². The Balaban J connectivity index is 2.16. The molecule has 0 aliphatic carbocycles. The molecule has 1 aliphatic heterocycles. The Morgan fingerprint density at radius 2 is 1.90 bits per heavy atom. The largest absolute Gasteiger partial charge is 0.338 e. The first kappa shape index (κ1) is 16.9. The van der Waals surface area contributed by atoms with E-state index in [2.05, 4.69) is 27.8 Å². The number of likely N-dealkylation sites (tertiary alicyclic amines) is 1. The summed E-state index contributed by atoms with van der Waals surface area (Å²) in [4.78, 5) is 25.2. The second kappa shape index (κ2) is 9.72. The fourth-order valence-corrected chi connectivity index (χ4v) is 2.35. The Hall–Kier alpha value is -1.14. The van der Waals surface area contributed by atoms with Gasteiger partial charge in [0, 0.05) is 6.54 Å². The summed E-state index contributed by atoms with van der Waals surface area (Å²) in [6, 6.07) is -0.390. The lowest BCUT2D eigenvalue weighted by Gasteiger charge is -2.31. The summed E-state index contributed by atoms with van der Waals surface area (Å²) in [6.45, 7) is 8.93. The third kappa shape index (κ3) is 6.86. The van der Waals surface area contributed by atoms with Crippen LogP contribution in [0, 0.1) is 5.92 Å². The maximum Gasteiger partial charge on any atom is 0.321 e. The number of carbonyl (C=O) groups excluding carboxylic acids is 2. The smallest absolute Gasteiger partial charge is 0.321 e. The second-order valence-corrected chi connectivity index (χ2v) is 5.33. The molecule has 6 heteroatoms. The van der Waals surface area contributed by atoms with E-state index in [0.717, 1.165) is 45.4 Å². The Labute approximate surface area is 121 Å². The van der Waals surface area contributed by atoms with Gasteiger partial charge >= 0.3 is 6.03 Å². The van der Waals surface area contributed by atoms with Crippen molar-refractivity contribution in [3.05, 3.63) is 0 Å². The summed E-state index contributed by atoms with van der Waals surface area (Å²) in [5.74, 6) is 0.492. The molecule has 1 rings (SSSR count). The van der Waals surface area contributed by atoms with Crippen LogP contribution in [-0.2, 0) is 4.79 Å². The molecule has 3 N–H and O–H groups in total. The summed E-state index contributed by atoms with van der Waals surface area (Å²) in [5, 5.41) is 8.37. The van der Waals surface area contributed by atoms with Crippen molar-refractivity contribution in [2.75, 3.05) is 39.3 Å². The second-order valence-electron chi connectivity index (χ2n) is 5.33. The number of hydrogen-bond acceptors (Lipinski definition) is 4. The molecule has 3 amide bonds. The predicted octanol–water partition coefficient (Wildman–Crippen LogP) is 0.544. The van der Waals surface area contributed by atoms with Crippen molar-refractivity contribution < 1.29 is 9.59 Å². The highest BCUT2D eigenvalue weighted by molar-refractivity contribution is 5.95. The summed E-state index contributed by atoms with van der Waals surface area (Å²) in [7, 11) is 0. The van der Waals surface area contributed by atoms with Gasteiger partial charge in [0.1, 0.15) is 0 Å². The van der Waals surface area contributed by atoms with Gasteiger partial charge in [-0.3, -0.25) is 15.0 Å². The molecule has 1 saturated heterocycles. The Kier molecular flexibility index (Phi) is 8.22. The lowest BCUT2D eigenvalue weighted by Crippen LogP contribution is -2.46. The molecule has 0 aromatic rings. The third-order valence-electron chi connectivity index (χ3n) is 3.55. The summed E-state index contributed by atoms with van der Waals surface area (Å²) < 4.78 is 0. The zero-order chi connectivity index (χ0) is 14.8. The first-order chi connectivity index (χ1) is 9.65. The number of rotatable bonds is 7. The van der Waals surface area contributed by atoms with Crippen LogP contribution in [0.4, 0.5) is 4.79 Å². The average molecular weight is 284 g/mol. The average Bonchev–Trinajstić information content (AvgIpc) is 2.44. The van der Waals surface area contributed by atoms with Crippen LogP contribution >= 0.6 is 0 Å². The Bertz CT molecular complexity index is 302. The van der Waals surface area contributed by atoms with Crippen LogP contribution in [0.3, 0.4) is 0 Å². The van der Waals surface area contributed by atoms with Gasteiger partial charge in [0.2, 0.25) is 5.91 Å². The molecule has 0 radical (unpaired) electrons. The van der Waals surface area contributed by atoms with Gasteiger partial charge in [0.25, 0.3) is 0 Å². The number of amides is 3. The lowest BCUT2D eigenvalue weighted by molar-refractivity contribution is -0.121. The molecule has 1 fully saturated rings. The summed E-state index contributed by atoms with van der Waals surface area (Å²) in [5.41, 5.74) is 0. The van der Waals surface area contributed by atoms with Crippen molar-refractivity contribution in [2.45, 2.75) is 33.1 Å². The highest BCUT2D eigenvalue weighted by Gasteiger charge is 2.20. The first-order valence-electron chi connectivity index (χ1n) is 7.66. The molecule has 0 bridgehead atoms. The number of carbonyl (C=O) groups is 2. The van der Waals surface area contributed by atoms with Gasteiger partial charge in [-0.15, -0.1) is 0 Å². The third-order valence-corrected chi connectivity index (χ3v) is 3.55. The van der Waals surface area contributed by atoms with Crippen molar-refractivity contribution in [3.8, 4) is 0 Å². The molecule has 0 saturated carbocycles. The minimum atomic E-state index is -0.390. The van der Waals surface area contributed by atoms with Crippen LogP contribution in [0.25, 0.3) is 0 Å². The normalized spacial score (nSPS) is 16.9. The monoisotopic (exact) mass is 284 g/mol. The topological polar surface area (TPSA) is 73.5 Å². The van der Waals surface area contributed by atoms with Gasteiger partial charge < -0.3 is 10.6 Å². The highest BCUT2D eigenvalue weighted by Crippen LogP contribution is 2.15. The van der Waals surface area contributed by atoms with E-state index < -0.39 is 0 Å². The van der Waals surface area contributed by atoms with E-state index in [-0.39, 0.29) is 11.9 Å². The van der Waals surface area contributed by atoms with Gasteiger partial charge in [-0.05, 0) is 51.4 Å². The van der Waals surface area contributed by atoms with E-state index in [1.54, 1.807) is 0 Å². The fourth-order valence-electron chi connectivity index (χ4n) is 2.35. The molecule has 0 aromatic carbocycles. The van der Waals surface area contributed by atoms with E-state index in [9.17, 15) is 9.59 Å². The van der Waals surface area contributed by atoms with Gasteiger partial charge in [-0.25, -0.2) is 4.79 Å². The number of hydrogen-bond donors (Lipinski definition) is 3. The van der Waals surface area contributed by atoms with Crippen molar-refractivity contribution in [2.24, 2.45) is 5.92 Å². The molecule has 0 spiro atoms. The summed E-state index contributed by atoms with van der Waals surface area (Å²) in [6.07, 6.45) is 3.09. The van der Waals surface area contributed by atoms with Crippen molar-refractivity contribution >= 4 is 11.9 Å². The van der Waals surface area contributed by atoms with Crippen molar-refractivity contribution in [3.63, 3.8) is 0 Å². The number of imide groups is 1. The van der Waals surface area contributed by atoms with Crippen LogP contribution in [-0.4, -0.2) is 56.1 Å². The zero-order valence-electron chi connectivity index (χ0n) is 12.7. The fraction of sp³-hybridized carbons (Fsp3) is 0.857. The standard InChI is InChI=1S/C14H28N4O2/c1-3-7-16-14(20)17-13(19)11-18-8-5-12(6-9-18)10-15-4-2/h12,15H,3-11H2,1-2H3,(H2,16,17,19,20). The molecule has 0 unspecified atom stereocenters. The van der Waals surface area contributed by atoms with Crippen LogP contribution in [0.5, 0.6) is 0 Å². The molecular weight excluding hydrogens is 256 g/mol. The van der Waals surface area contributed by atoms with Gasteiger partial charge in [-0.2, -0.15) is 0 Å².